The lowest BCUT2D eigenvalue weighted by molar-refractivity contribution is 0.167. The van der Waals surface area contributed by atoms with E-state index in [0.29, 0.717) is 11.5 Å². The fourth-order valence-electron chi connectivity index (χ4n) is 2.36. The van der Waals surface area contributed by atoms with Crippen LogP contribution < -0.4 is 10.1 Å². The van der Waals surface area contributed by atoms with Gasteiger partial charge in [-0.25, -0.2) is 0 Å². The maximum absolute atomic E-state index is 5.30. The first-order valence-electron chi connectivity index (χ1n) is 5.50. The van der Waals surface area contributed by atoms with Gasteiger partial charge in [-0.3, -0.25) is 0 Å². The molecule has 2 rings (SSSR count). The van der Waals surface area contributed by atoms with Crippen LogP contribution in [0, 0.1) is 5.41 Å². The maximum atomic E-state index is 5.30. The lowest BCUT2D eigenvalue weighted by Crippen LogP contribution is -2.41. The van der Waals surface area contributed by atoms with Gasteiger partial charge in [0.05, 0.1) is 12.8 Å². The first-order valence-corrected chi connectivity index (χ1v) is 5.50. The summed E-state index contributed by atoms with van der Waals surface area (Å²) >= 11 is 0. The van der Waals surface area contributed by atoms with Gasteiger partial charge in [0.1, 0.15) is 5.75 Å². The van der Waals surface area contributed by atoms with Crippen molar-refractivity contribution in [2.45, 2.75) is 32.7 Å². The predicted molar refractivity (Wildman–Crippen MR) is 63.4 cm³/mol. The van der Waals surface area contributed by atoms with Crippen LogP contribution in [-0.4, -0.2) is 13.2 Å². The summed E-state index contributed by atoms with van der Waals surface area (Å²) in [6.07, 6.45) is 2.48. The Kier molecular flexibility index (Phi) is 2.59. The van der Waals surface area contributed by atoms with E-state index >= 15 is 0 Å². The van der Waals surface area contributed by atoms with E-state index in [9.17, 15) is 0 Å². The van der Waals surface area contributed by atoms with E-state index < -0.39 is 0 Å². The number of nitrogens with one attached hydrogen (secondary N) is 1. The number of methoxy groups -OCH3 is 1. The third-order valence-electron chi connectivity index (χ3n) is 3.06. The number of anilines is 1. The van der Waals surface area contributed by atoms with Crippen LogP contribution in [0.15, 0.2) is 24.3 Å². The molecule has 15 heavy (non-hydrogen) atoms. The van der Waals surface area contributed by atoms with E-state index in [1.165, 1.54) is 12.8 Å². The number of ether oxygens (including phenoxy) is 1. The summed E-state index contributed by atoms with van der Waals surface area (Å²) in [7, 11) is 1.71. The second kappa shape index (κ2) is 3.76. The highest BCUT2D eigenvalue weighted by atomic mass is 16.5. The summed E-state index contributed by atoms with van der Waals surface area (Å²) in [6, 6.07) is 8.70. The van der Waals surface area contributed by atoms with Gasteiger partial charge in [0.15, 0.2) is 0 Å². The van der Waals surface area contributed by atoms with E-state index in [-0.39, 0.29) is 0 Å². The molecule has 1 fully saturated rings. The van der Waals surface area contributed by atoms with Crippen molar-refractivity contribution in [2.75, 3.05) is 12.4 Å². The average molecular weight is 205 g/mol. The molecular weight excluding hydrogens is 186 g/mol. The molecule has 0 aliphatic heterocycles. The normalized spacial score (nSPS) is 19.4. The zero-order chi connectivity index (χ0) is 10.9. The van der Waals surface area contributed by atoms with Crippen molar-refractivity contribution in [2.24, 2.45) is 5.41 Å². The molecular formula is C13H19NO. The molecule has 82 valence electrons. The van der Waals surface area contributed by atoms with E-state index in [1.54, 1.807) is 7.11 Å². The lowest BCUT2D eigenvalue weighted by Gasteiger charge is -2.43. The molecule has 1 aliphatic carbocycles. The van der Waals surface area contributed by atoms with Gasteiger partial charge in [-0.2, -0.15) is 0 Å². The van der Waals surface area contributed by atoms with Crippen LogP contribution in [0.3, 0.4) is 0 Å². The monoisotopic (exact) mass is 205 g/mol. The van der Waals surface area contributed by atoms with Crippen molar-refractivity contribution >= 4 is 5.69 Å². The van der Waals surface area contributed by atoms with Crippen molar-refractivity contribution in [1.82, 2.24) is 0 Å². The predicted octanol–water partition coefficient (Wildman–Crippen LogP) is 3.30. The van der Waals surface area contributed by atoms with Crippen LogP contribution in [0.25, 0.3) is 0 Å². The Hall–Kier alpha value is -1.18. The number of hydrogen-bond donors (Lipinski definition) is 1. The van der Waals surface area contributed by atoms with Gasteiger partial charge in [-0.1, -0.05) is 26.0 Å². The summed E-state index contributed by atoms with van der Waals surface area (Å²) < 4.78 is 5.30. The lowest BCUT2D eigenvalue weighted by atomic mass is 9.68. The van der Waals surface area contributed by atoms with Crippen LogP contribution in [0.2, 0.25) is 0 Å². The molecule has 2 nitrogen and oxygen atoms in total. The van der Waals surface area contributed by atoms with E-state index in [1.807, 2.05) is 18.2 Å². The molecule has 1 aromatic carbocycles. The minimum Gasteiger partial charge on any atom is -0.495 e. The highest BCUT2D eigenvalue weighted by molar-refractivity contribution is 5.57. The van der Waals surface area contributed by atoms with Gasteiger partial charge in [-0.05, 0) is 30.4 Å². The van der Waals surface area contributed by atoms with Crippen molar-refractivity contribution in [3.63, 3.8) is 0 Å². The quantitative estimate of drug-likeness (QED) is 0.817. The summed E-state index contributed by atoms with van der Waals surface area (Å²) in [4.78, 5) is 0. The van der Waals surface area contributed by atoms with Gasteiger partial charge in [0.2, 0.25) is 0 Å². The zero-order valence-corrected chi connectivity index (χ0v) is 9.71. The molecule has 1 aliphatic rings. The minimum absolute atomic E-state index is 0.514. The largest absolute Gasteiger partial charge is 0.495 e. The first kappa shape index (κ1) is 10.3. The van der Waals surface area contributed by atoms with Crippen LogP contribution >= 0.6 is 0 Å². The molecule has 0 aromatic heterocycles. The molecule has 1 aromatic rings. The van der Waals surface area contributed by atoms with E-state index in [2.05, 4.69) is 25.2 Å². The zero-order valence-electron chi connectivity index (χ0n) is 9.71. The highest BCUT2D eigenvalue weighted by Gasteiger charge is 2.36. The molecule has 0 heterocycles. The molecule has 0 saturated heterocycles. The first-order chi connectivity index (χ1) is 7.11. The fourth-order valence-corrected chi connectivity index (χ4v) is 2.36. The van der Waals surface area contributed by atoms with Crippen molar-refractivity contribution in [3.05, 3.63) is 24.3 Å². The van der Waals surface area contributed by atoms with Gasteiger partial charge >= 0.3 is 0 Å². The Morgan fingerprint density at radius 1 is 1.27 bits per heavy atom. The van der Waals surface area contributed by atoms with Gasteiger partial charge < -0.3 is 10.1 Å². The molecule has 0 unspecified atom stereocenters. The molecule has 0 bridgehead atoms. The second-order valence-corrected chi connectivity index (χ2v) is 5.11. The third kappa shape index (κ3) is 2.25. The molecule has 0 amide bonds. The smallest absolute Gasteiger partial charge is 0.141 e. The van der Waals surface area contributed by atoms with Crippen LogP contribution in [-0.2, 0) is 0 Å². The Labute approximate surface area is 91.6 Å². The van der Waals surface area contributed by atoms with Crippen molar-refractivity contribution in [3.8, 4) is 5.75 Å². The summed E-state index contributed by atoms with van der Waals surface area (Å²) in [5.41, 5.74) is 1.63. The van der Waals surface area contributed by atoms with Crippen molar-refractivity contribution < 1.29 is 4.74 Å². The molecule has 2 heteroatoms. The number of rotatable bonds is 3. The fraction of sp³-hybridized carbons (Fsp3) is 0.538. The molecule has 1 saturated carbocycles. The maximum Gasteiger partial charge on any atom is 0.141 e. The molecule has 1 N–H and O–H groups in total. The third-order valence-corrected chi connectivity index (χ3v) is 3.06. The van der Waals surface area contributed by atoms with Gasteiger partial charge in [0.25, 0.3) is 0 Å². The minimum atomic E-state index is 0.514. The Morgan fingerprint density at radius 3 is 2.53 bits per heavy atom. The van der Waals surface area contributed by atoms with Crippen LogP contribution in [0.1, 0.15) is 26.7 Å². The average Bonchev–Trinajstić information content (AvgIpc) is 2.16. The molecule has 0 spiro atoms. The number of para-hydroxylation sites is 2. The second-order valence-electron chi connectivity index (χ2n) is 5.11. The number of benzene rings is 1. The highest BCUT2D eigenvalue weighted by Crippen LogP contribution is 2.42. The van der Waals surface area contributed by atoms with E-state index in [0.717, 1.165) is 11.4 Å². The molecule has 0 atom stereocenters. The standard InChI is InChI=1S/C13H19NO/c1-13(2)8-10(9-13)14-11-6-4-5-7-12(11)15-3/h4-7,10,14H,8-9H2,1-3H3. The van der Waals surface area contributed by atoms with Crippen molar-refractivity contribution in [1.29, 1.82) is 0 Å². The Balaban J connectivity index is 2.00. The number of hydrogen-bond acceptors (Lipinski definition) is 2. The summed E-state index contributed by atoms with van der Waals surface area (Å²) in [6.45, 7) is 4.63. The van der Waals surface area contributed by atoms with Gasteiger partial charge in [-0.15, -0.1) is 0 Å². The van der Waals surface area contributed by atoms with Crippen LogP contribution in [0.4, 0.5) is 5.69 Å². The topological polar surface area (TPSA) is 21.3 Å². The summed E-state index contributed by atoms with van der Waals surface area (Å²) in [5, 5.41) is 3.53. The van der Waals surface area contributed by atoms with E-state index in [4.69, 9.17) is 4.74 Å². The Bertz CT molecular complexity index is 338. The Morgan fingerprint density at radius 2 is 1.93 bits per heavy atom. The summed E-state index contributed by atoms with van der Waals surface area (Å²) in [5.74, 6) is 0.933. The van der Waals surface area contributed by atoms with Crippen LogP contribution in [0.5, 0.6) is 5.75 Å². The van der Waals surface area contributed by atoms with Gasteiger partial charge in [0, 0.05) is 6.04 Å². The SMILES string of the molecule is COc1ccccc1NC1CC(C)(C)C1. The molecule has 0 radical (unpaired) electrons.